The summed E-state index contributed by atoms with van der Waals surface area (Å²) >= 11 is 0. The number of carbonyl (C=O) groups excluding carboxylic acids is 2. The van der Waals surface area contributed by atoms with Crippen LogP contribution >= 0.6 is 0 Å². The highest BCUT2D eigenvalue weighted by Crippen LogP contribution is 2.20. The van der Waals surface area contributed by atoms with E-state index >= 15 is 0 Å². The molecule has 1 aliphatic heterocycles. The Bertz CT molecular complexity index is 568. The van der Waals surface area contributed by atoms with Gasteiger partial charge in [-0.2, -0.15) is 0 Å². The van der Waals surface area contributed by atoms with E-state index < -0.39 is 6.10 Å². The van der Waals surface area contributed by atoms with Gasteiger partial charge in [0.1, 0.15) is 0 Å². The van der Waals surface area contributed by atoms with E-state index in [1.807, 2.05) is 45.0 Å². The summed E-state index contributed by atoms with van der Waals surface area (Å²) < 4.78 is 0. The SMILES string of the molecule is Cc1ccc(CN2CC(C(=O)NCC(O)CC(C)C)CC2=O)cc1. The van der Waals surface area contributed by atoms with Crippen molar-refractivity contribution in [1.82, 2.24) is 10.2 Å². The Balaban J connectivity index is 1.82. The average Bonchev–Trinajstić information content (AvgIpc) is 2.87. The molecule has 5 heteroatoms. The number of nitrogens with one attached hydrogen (secondary N) is 1. The summed E-state index contributed by atoms with van der Waals surface area (Å²) in [5, 5.41) is 12.6. The molecule has 132 valence electrons. The fourth-order valence-corrected chi connectivity index (χ4v) is 3.00. The number of likely N-dealkylation sites (tertiary alicyclic amines) is 1. The maximum Gasteiger partial charge on any atom is 0.225 e. The van der Waals surface area contributed by atoms with Crippen molar-refractivity contribution in [2.45, 2.75) is 46.3 Å². The Morgan fingerprint density at radius 2 is 2.00 bits per heavy atom. The minimum atomic E-state index is -0.533. The minimum absolute atomic E-state index is 0.0125. The molecule has 24 heavy (non-hydrogen) atoms. The second-order valence-corrected chi connectivity index (χ2v) is 7.19. The first kappa shape index (κ1) is 18.5. The molecular formula is C19H28N2O3. The number of amides is 2. The molecule has 1 saturated heterocycles. The van der Waals surface area contributed by atoms with Crippen LogP contribution < -0.4 is 5.32 Å². The smallest absolute Gasteiger partial charge is 0.225 e. The molecule has 2 rings (SSSR count). The zero-order valence-electron chi connectivity index (χ0n) is 14.8. The van der Waals surface area contributed by atoms with E-state index in [0.717, 1.165) is 5.56 Å². The van der Waals surface area contributed by atoms with Crippen molar-refractivity contribution in [1.29, 1.82) is 0 Å². The van der Waals surface area contributed by atoms with Crippen LogP contribution in [0.5, 0.6) is 0 Å². The van der Waals surface area contributed by atoms with Crippen molar-refractivity contribution in [2.75, 3.05) is 13.1 Å². The lowest BCUT2D eigenvalue weighted by atomic mass is 10.1. The van der Waals surface area contributed by atoms with Gasteiger partial charge in [-0.15, -0.1) is 0 Å². The first-order valence-electron chi connectivity index (χ1n) is 8.64. The number of benzene rings is 1. The number of aryl methyl sites for hydroxylation is 1. The quantitative estimate of drug-likeness (QED) is 0.801. The number of aliphatic hydroxyl groups is 1. The second-order valence-electron chi connectivity index (χ2n) is 7.19. The van der Waals surface area contributed by atoms with Crippen LogP contribution in [0.3, 0.4) is 0 Å². The summed E-state index contributed by atoms with van der Waals surface area (Å²) in [4.78, 5) is 26.1. The Hall–Kier alpha value is -1.88. The highest BCUT2D eigenvalue weighted by Gasteiger charge is 2.34. The molecular weight excluding hydrogens is 304 g/mol. The van der Waals surface area contributed by atoms with Gasteiger partial charge in [0.25, 0.3) is 0 Å². The van der Waals surface area contributed by atoms with Crippen LogP contribution in [-0.4, -0.2) is 41.0 Å². The number of rotatable bonds is 7. The fourth-order valence-electron chi connectivity index (χ4n) is 3.00. The monoisotopic (exact) mass is 332 g/mol. The first-order valence-corrected chi connectivity index (χ1v) is 8.64. The van der Waals surface area contributed by atoms with Crippen molar-refractivity contribution < 1.29 is 14.7 Å². The lowest BCUT2D eigenvalue weighted by molar-refractivity contribution is -0.129. The van der Waals surface area contributed by atoms with Crippen molar-refractivity contribution in [3.8, 4) is 0 Å². The molecule has 2 unspecified atom stereocenters. The predicted octanol–water partition coefficient (Wildman–Crippen LogP) is 1.87. The molecule has 0 spiro atoms. The molecule has 1 aromatic rings. The normalized spacial score (nSPS) is 19.0. The predicted molar refractivity (Wildman–Crippen MR) is 93.2 cm³/mol. The maximum atomic E-state index is 12.2. The lowest BCUT2D eigenvalue weighted by Crippen LogP contribution is -2.37. The molecule has 0 radical (unpaired) electrons. The van der Waals surface area contributed by atoms with Crippen LogP contribution in [0.2, 0.25) is 0 Å². The van der Waals surface area contributed by atoms with E-state index in [4.69, 9.17) is 0 Å². The Labute approximate surface area is 144 Å². The molecule has 5 nitrogen and oxygen atoms in total. The molecule has 0 saturated carbocycles. The third-order valence-corrected chi connectivity index (χ3v) is 4.33. The molecule has 1 aliphatic rings. The number of hydrogen-bond donors (Lipinski definition) is 2. The van der Waals surface area contributed by atoms with E-state index in [-0.39, 0.29) is 30.7 Å². The van der Waals surface area contributed by atoms with Crippen molar-refractivity contribution in [3.05, 3.63) is 35.4 Å². The highest BCUT2D eigenvalue weighted by molar-refractivity contribution is 5.89. The molecule has 0 aromatic heterocycles. The largest absolute Gasteiger partial charge is 0.391 e. The molecule has 2 atom stereocenters. The fraction of sp³-hybridized carbons (Fsp3) is 0.579. The third-order valence-electron chi connectivity index (χ3n) is 4.33. The van der Waals surface area contributed by atoms with E-state index in [9.17, 15) is 14.7 Å². The Morgan fingerprint density at radius 1 is 1.33 bits per heavy atom. The molecule has 0 aliphatic carbocycles. The van der Waals surface area contributed by atoms with E-state index in [1.54, 1.807) is 4.90 Å². The summed E-state index contributed by atoms with van der Waals surface area (Å²) in [7, 11) is 0. The first-order chi connectivity index (χ1) is 11.3. The zero-order valence-corrected chi connectivity index (χ0v) is 14.8. The molecule has 2 N–H and O–H groups in total. The minimum Gasteiger partial charge on any atom is -0.391 e. The second kappa shape index (κ2) is 8.29. The summed E-state index contributed by atoms with van der Waals surface area (Å²) in [5.74, 6) is -0.0693. The maximum absolute atomic E-state index is 12.2. The van der Waals surface area contributed by atoms with Crippen LogP contribution in [0, 0.1) is 18.8 Å². The van der Waals surface area contributed by atoms with Crippen LogP contribution in [-0.2, 0) is 16.1 Å². The molecule has 0 bridgehead atoms. The summed E-state index contributed by atoms with van der Waals surface area (Å²) in [6, 6.07) is 8.07. The van der Waals surface area contributed by atoms with Crippen molar-refractivity contribution in [3.63, 3.8) is 0 Å². The Kier molecular flexibility index (Phi) is 6.37. The number of hydrogen-bond acceptors (Lipinski definition) is 3. The van der Waals surface area contributed by atoms with Crippen molar-refractivity contribution >= 4 is 11.8 Å². The average molecular weight is 332 g/mol. The summed E-state index contributed by atoms with van der Waals surface area (Å²) in [6.07, 6.45) is 0.371. The topological polar surface area (TPSA) is 69.6 Å². The van der Waals surface area contributed by atoms with Crippen LogP contribution in [0.15, 0.2) is 24.3 Å². The Morgan fingerprint density at radius 3 is 2.62 bits per heavy atom. The van der Waals surface area contributed by atoms with Crippen LogP contribution in [0.1, 0.15) is 37.8 Å². The van der Waals surface area contributed by atoms with Gasteiger partial charge in [-0.3, -0.25) is 9.59 Å². The molecule has 1 heterocycles. The zero-order chi connectivity index (χ0) is 17.7. The van der Waals surface area contributed by atoms with Crippen molar-refractivity contribution in [2.24, 2.45) is 11.8 Å². The van der Waals surface area contributed by atoms with Gasteiger partial charge < -0.3 is 15.3 Å². The van der Waals surface area contributed by atoms with Gasteiger partial charge in [-0.1, -0.05) is 43.7 Å². The van der Waals surface area contributed by atoms with Gasteiger partial charge in [-0.25, -0.2) is 0 Å². The van der Waals surface area contributed by atoms with Gasteiger partial charge >= 0.3 is 0 Å². The van der Waals surface area contributed by atoms with Gasteiger partial charge in [0.15, 0.2) is 0 Å². The number of nitrogens with zero attached hydrogens (tertiary/aromatic N) is 1. The van der Waals surface area contributed by atoms with Gasteiger partial charge in [0.2, 0.25) is 11.8 Å². The van der Waals surface area contributed by atoms with Gasteiger partial charge in [0.05, 0.1) is 12.0 Å². The van der Waals surface area contributed by atoms with Gasteiger partial charge in [0, 0.05) is 26.1 Å². The molecule has 2 amide bonds. The standard InChI is InChI=1S/C19H28N2O3/c1-13(2)8-17(22)10-20-19(24)16-9-18(23)21(12-16)11-15-6-4-14(3)5-7-15/h4-7,13,16-17,22H,8-12H2,1-3H3,(H,20,24). The van der Waals surface area contributed by atoms with E-state index in [0.29, 0.717) is 25.4 Å². The summed E-state index contributed by atoms with van der Waals surface area (Å²) in [6.45, 7) is 7.32. The van der Waals surface area contributed by atoms with Gasteiger partial charge in [-0.05, 0) is 24.8 Å². The third kappa shape index (κ3) is 5.34. The van der Waals surface area contributed by atoms with E-state index in [1.165, 1.54) is 5.56 Å². The van der Waals surface area contributed by atoms with Crippen LogP contribution in [0.25, 0.3) is 0 Å². The highest BCUT2D eigenvalue weighted by atomic mass is 16.3. The van der Waals surface area contributed by atoms with Crippen LogP contribution in [0.4, 0.5) is 0 Å². The molecule has 1 aromatic carbocycles. The lowest BCUT2D eigenvalue weighted by Gasteiger charge is -2.18. The molecule has 1 fully saturated rings. The number of carbonyl (C=O) groups is 2. The van der Waals surface area contributed by atoms with E-state index in [2.05, 4.69) is 5.32 Å². The number of aliphatic hydroxyl groups excluding tert-OH is 1. The summed E-state index contributed by atoms with van der Waals surface area (Å²) in [5.41, 5.74) is 2.26.